The fraction of sp³-hybridized carbons (Fsp3) is 0.727. The number of ketones is 1. The summed E-state index contributed by atoms with van der Waals surface area (Å²) >= 11 is 0. The number of Topliss-reactive ketones (excluding diaryl/α,β-unsaturated/α-hetero) is 1. The minimum Gasteiger partial charge on any atom is -0.284 e. The predicted octanol–water partition coefficient (Wildman–Crippen LogP) is 3.11. The van der Waals surface area contributed by atoms with Crippen molar-refractivity contribution in [3.8, 4) is 0 Å². The number of carbonyl (C=O) groups is 1. The molecule has 2 bridgehead atoms. The number of hydrogen-bond donors (Lipinski definition) is 0. The molecule has 0 aromatic rings. The maximum absolute atomic E-state index is 12.3. The summed E-state index contributed by atoms with van der Waals surface area (Å²) in [6.45, 7) is 3.89. The highest BCUT2D eigenvalue weighted by atomic mass is 19.4. The summed E-state index contributed by atoms with van der Waals surface area (Å²) in [5, 5.41) is 0. The summed E-state index contributed by atoms with van der Waals surface area (Å²) in [5.74, 6) is -1.38. The molecule has 0 N–H and O–H groups in total. The molecule has 3 aliphatic carbocycles. The van der Waals surface area contributed by atoms with E-state index >= 15 is 0 Å². The second-order valence-corrected chi connectivity index (χ2v) is 5.03. The van der Waals surface area contributed by atoms with E-state index < -0.39 is 12.0 Å². The maximum atomic E-state index is 12.3. The Balaban J connectivity index is 2.26. The van der Waals surface area contributed by atoms with Gasteiger partial charge in [-0.3, -0.25) is 4.79 Å². The molecule has 2 atom stereocenters. The molecule has 1 saturated carbocycles. The van der Waals surface area contributed by atoms with Crippen LogP contribution in [-0.4, -0.2) is 12.0 Å². The minimum atomic E-state index is -4.72. The smallest absolute Gasteiger partial charge is 0.284 e. The van der Waals surface area contributed by atoms with E-state index in [1.54, 1.807) is 0 Å². The zero-order valence-corrected chi connectivity index (χ0v) is 8.69. The number of fused-ring (bicyclic) bond motifs is 1. The van der Waals surface area contributed by atoms with Crippen molar-refractivity contribution in [2.45, 2.75) is 32.9 Å². The Hall–Kier alpha value is -0.800. The average Bonchev–Trinajstić information content (AvgIpc) is 2.15. The van der Waals surface area contributed by atoms with E-state index in [-0.39, 0.29) is 16.9 Å². The third-order valence-electron chi connectivity index (χ3n) is 3.99. The third kappa shape index (κ3) is 1.42. The molecule has 4 heteroatoms. The molecule has 3 rings (SSSR count). The highest BCUT2D eigenvalue weighted by Crippen LogP contribution is 2.59. The summed E-state index contributed by atoms with van der Waals surface area (Å²) in [6, 6.07) is 0. The monoisotopic (exact) mass is 218 g/mol. The SMILES string of the molecule is CC1(C)C2CC=C(C(=O)C(F)(F)F)C1C2. The van der Waals surface area contributed by atoms with Crippen molar-refractivity contribution in [3.63, 3.8) is 0 Å². The van der Waals surface area contributed by atoms with Gasteiger partial charge in [0.25, 0.3) is 5.78 Å². The number of rotatable bonds is 1. The van der Waals surface area contributed by atoms with Crippen LogP contribution in [0.25, 0.3) is 0 Å². The molecule has 0 radical (unpaired) electrons. The van der Waals surface area contributed by atoms with Crippen LogP contribution in [0.1, 0.15) is 26.7 Å². The van der Waals surface area contributed by atoms with Crippen molar-refractivity contribution >= 4 is 5.78 Å². The minimum absolute atomic E-state index is 0.00463. The Bertz CT molecular complexity index is 338. The number of hydrogen-bond acceptors (Lipinski definition) is 1. The first-order valence-corrected chi connectivity index (χ1v) is 5.06. The second kappa shape index (κ2) is 2.86. The van der Waals surface area contributed by atoms with Crippen molar-refractivity contribution < 1.29 is 18.0 Å². The van der Waals surface area contributed by atoms with Crippen LogP contribution >= 0.6 is 0 Å². The number of allylic oxidation sites excluding steroid dienone is 2. The van der Waals surface area contributed by atoms with Crippen LogP contribution in [0.15, 0.2) is 11.6 Å². The lowest BCUT2D eigenvalue weighted by molar-refractivity contribution is -0.169. The summed E-state index contributed by atoms with van der Waals surface area (Å²) in [6.07, 6.45) is -1.88. The van der Waals surface area contributed by atoms with Gasteiger partial charge < -0.3 is 0 Å². The Morgan fingerprint density at radius 1 is 1.47 bits per heavy atom. The average molecular weight is 218 g/mol. The van der Waals surface area contributed by atoms with E-state index in [9.17, 15) is 18.0 Å². The van der Waals surface area contributed by atoms with Gasteiger partial charge in [0.05, 0.1) is 0 Å². The molecule has 15 heavy (non-hydrogen) atoms. The first-order valence-electron chi connectivity index (χ1n) is 5.06. The van der Waals surface area contributed by atoms with Gasteiger partial charge in [0.15, 0.2) is 0 Å². The molecule has 84 valence electrons. The van der Waals surface area contributed by atoms with Crippen LogP contribution in [0, 0.1) is 17.3 Å². The second-order valence-electron chi connectivity index (χ2n) is 5.03. The van der Waals surface area contributed by atoms with Gasteiger partial charge >= 0.3 is 6.18 Å². The number of alkyl halides is 3. The molecular formula is C11H13F3O. The van der Waals surface area contributed by atoms with Gasteiger partial charge in [-0.1, -0.05) is 19.9 Å². The highest BCUT2D eigenvalue weighted by molar-refractivity contribution is 6.00. The molecule has 0 aliphatic heterocycles. The quantitative estimate of drug-likeness (QED) is 0.661. The van der Waals surface area contributed by atoms with E-state index in [1.807, 2.05) is 13.8 Å². The molecule has 0 amide bonds. The van der Waals surface area contributed by atoms with E-state index in [0.29, 0.717) is 12.3 Å². The topological polar surface area (TPSA) is 17.1 Å². The Kier molecular flexibility index (Phi) is 2.04. The summed E-state index contributed by atoms with van der Waals surface area (Å²) < 4.78 is 36.9. The standard InChI is InChI=1S/C11H13F3O/c1-10(2)6-3-4-7(8(10)5-6)9(15)11(12,13)14/h4,6,8H,3,5H2,1-2H3. The normalized spacial score (nSPS) is 33.0. The Labute approximate surface area is 86.3 Å². The molecular weight excluding hydrogens is 205 g/mol. The molecule has 0 heterocycles. The van der Waals surface area contributed by atoms with E-state index in [0.717, 1.165) is 6.42 Å². The number of halogens is 3. The Morgan fingerprint density at radius 2 is 2.07 bits per heavy atom. The van der Waals surface area contributed by atoms with Crippen molar-refractivity contribution in [2.24, 2.45) is 17.3 Å². The molecule has 0 saturated heterocycles. The van der Waals surface area contributed by atoms with E-state index in [4.69, 9.17) is 0 Å². The van der Waals surface area contributed by atoms with Gasteiger partial charge in [0.2, 0.25) is 0 Å². The molecule has 1 fully saturated rings. The molecule has 2 unspecified atom stereocenters. The van der Waals surface area contributed by atoms with Gasteiger partial charge in [-0.25, -0.2) is 0 Å². The van der Waals surface area contributed by atoms with Crippen LogP contribution in [0.5, 0.6) is 0 Å². The summed E-state index contributed by atoms with van der Waals surface area (Å²) in [4.78, 5) is 11.1. The van der Waals surface area contributed by atoms with Gasteiger partial charge in [-0.2, -0.15) is 13.2 Å². The van der Waals surface area contributed by atoms with Crippen LogP contribution in [-0.2, 0) is 4.79 Å². The van der Waals surface area contributed by atoms with Gasteiger partial charge in [-0.15, -0.1) is 0 Å². The van der Waals surface area contributed by atoms with E-state index in [2.05, 4.69) is 0 Å². The van der Waals surface area contributed by atoms with Crippen LogP contribution in [0.4, 0.5) is 13.2 Å². The van der Waals surface area contributed by atoms with Gasteiger partial charge in [0, 0.05) is 5.57 Å². The lowest BCUT2D eigenvalue weighted by atomic mass is 9.48. The zero-order valence-electron chi connectivity index (χ0n) is 8.69. The molecule has 3 aliphatic rings. The van der Waals surface area contributed by atoms with Crippen LogP contribution in [0.3, 0.4) is 0 Å². The van der Waals surface area contributed by atoms with Crippen LogP contribution in [0.2, 0.25) is 0 Å². The zero-order chi connectivity index (χ0) is 11.4. The largest absolute Gasteiger partial charge is 0.454 e. The fourth-order valence-corrected chi connectivity index (χ4v) is 2.77. The summed E-state index contributed by atoms with van der Waals surface area (Å²) in [7, 11) is 0. The first kappa shape index (κ1) is 10.7. The summed E-state index contributed by atoms with van der Waals surface area (Å²) in [5.41, 5.74) is -0.139. The number of carbonyl (C=O) groups excluding carboxylic acids is 1. The predicted molar refractivity (Wildman–Crippen MR) is 49.1 cm³/mol. The molecule has 1 nitrogen and oxygen atoms in total. The van der Waals surface area contributed by atoms with Gasteiger partial charge in [0.1, 0.15) is 0 Å². The first-order chi connectivity index (χ1) is 6.74. The molecule has 0 spiro atoms. The van der Waals surface area contributed by atoms with Crippen molar-refractivity contribution in [1.29, 1.82) is 0 Å². The fourth-order valence-electron chi connectivity index (χ4n) is 2.77. The highest BCUT2D eigenvalue weighted by Gasteiger charge is 2.56. The van der Waals surface area contributed by atoms with E-state index in [1.165, 1.54) is 6.08 Å². The third-order valence-corrected chi connectivity index (χ3v) is 3.99. The van der Waals surface area contributed by atoms with Crippen molar-refractivity contribution in [1.82, 2.24) is 0 Å². The molecule has 0 aromatic carbocycles. The lowest BCUT2D eigenvalue weighted by Crippen LogP contribution is -2.50. The Morgan fingerprint density at radius 3 is 2.47 bits per heavy atom. The van der Waals surface area contributed by atoms with Crippen LogP contribution < -0.4 is 0 Å². The van der Waals surface area contributed by atoms with Crippen molar-refractivity contribution in [3.05, 3.63) is 11.6 Å². The molecule has 0 aromatic heterocycles. The maximum Gasteiger partial charge on any atom is 0.454 e. The van der Waals surface area contributed by atoms with Gasteiger partial charge in [-0.05, 0) is 30.1 Å². The lowest BCUT2D eigenvalue weighted by Gasteiger charge is -2.56. The van der Waals surface area contributed by atoms with Crippen molar-refractivity contribution in [2.75, 3.05) is 0 Å².